The van der Waals surface area contributed by atoms with Gasteiger partial charge in [-0.15, -0.1) is 0 Å². The topological polar surface area (TPSA) is 21.3 Å². The Morgan fingerprint density at radius 2 is 2.00 bits per heavy atom. The second-order valence-electron chi connectivity index (χ2n) is 5.16. The molecule has 0 bridgehead atoms. The molecule has 0 radical (unpaired) electrons. The fourth-order valence-electron chi connectivity index (χ4n) is 2.41. The maximum Gasteiger partial charge on any atom is 0.0724 e. The lowest BCUT2D eigenvalue weighted by Gasteiger charge is -2.31. The SMILES string of the molecule is COC1CCCCC1NCCCC(C)C. The normalized spacial score (nSPS) is 27.2. The highest BCUT2D eigenvalue weighted by atomic mass is 16.5. The molecular formula is C13H27NO. The van der Waals surface area contributed by atoms with E-state index in [0.29, 0.717) is 12.1 Å². The predicted molar refractivity (Wildman–Crippen MR) is 65.1 cm³/mol. The average molecular weight is 213 g/mol. The quantitative estimate of drug-likeness (QED) is 0.685. The number of hydrogen-bond acceptors (Lipinski definition) is 2. The molecule has 0 aromatic rings. The van der Waals surface area contributed by atoms with Crippen molar-refractivity contribution in [2.45, 2.75) is 64.5 Å². The number of methoxy groups -OCH3 is 1. The first-order valence-electron chi connectivity index (χ1n) is 6.50. The van der Waals surface area contributed by atoms with Gasteiger partial charge in [0.15, 0.2) is 0 Å². The largest absolute Gasteiger partial charge is 0.380 e. The predicted octanol–water partition coefficient (Wildman–Crippen LogP) is 2.97. The molecule has 2 atom stereocenters. The second kappa shape index (κ2) is 7.24. The molecule has 1 aliphatic rings. The molecule has 1 fully saturated rings. The lowest BCUT2D eigenvalue weighted by Crippen LogP contribution is -2.43. The Balaban J connectivity index is 2.12. The molecule has 1 saturated carbocycles. The standard InChI is InChI=1S/C13H27NO/c1-11(2)7-6-10-14-12-8-4-5-9-13(12)15-3/h11-14H,4-10H2,1-3H3. The molecule has 2 unspecified atom stereocenters. The Bertz CT molecular complexity index is 159. The van der Waals surface area contributed by atoms with Gasteiger partial charge in [-0.25, -0.2) is 0 Å². The van der Waals surface area contributed by atoms with E-state index in [1.165, 1.54) is 38.5 Å². The van der Waals surface area contributed by atoms with Crippen molar-refractivity contribution in [2.24, 2.45) is 5.92 Å². The van der Waals surface area contributed by atoms with E-state index in [-0.39, 0.29) is 0 Å². The van der Waals surface area contributed by atoms with E-state index in [1.54, 1.807) is 0 Å². The van der Waals surface area contributed by atoms with Crippen LogP contribution in [-0.4, -0.2) is 25.8 Å². The summed E-state index contributed by atoms with van der Waals surface area (Å²) in [6.07, 6.45) is 8.31. The highest BCUT2D eigenvalue weighted by molar-refractivity contribution is 4.81. The van der Waals surface area contributed by atoms with Crippen LogP contribution in [0.2, 0.25) is 0 Å². The van der Waals surface area contributed by atoms with Crippen LogP contribution in [-0.2, 0) is 4.74 Å². The summed E-state index contributed by atoms with van der Waals surface area (Å²) in [5.41, 5.74) is 0. The first kappa shape index (κ1) is 13.0. The molecule has 1 rings (SSSR count). The number of nitrogens with one attached hydrogen (secondary N) is 1. The van der Waals surface area contributed by atoms with Crippen LogP contribution in [0.4, 0.5) is 0 Å². The maximum atomic E-state index is 5.52. The Morgan fingerprint density at radius 3 is 2.67 bits per heavy atom. The Hall–Kier alpha value is -0.0800. The van der Waals surface area contributed by atoms with Crippen molar-refractivity contribution in [3.8, 4) is 0 Å². The molecule has 0 aromatic carbocycles. The number of rotatable bonds is 6. The van der Waals surface area contributed by atoms with Crippen molar-refractivity contribution < 1.29 is 4.74 Å². The summed E-state index contributed by atoms with van der Waals surface area (Å²) < 4.78 is 5.52. The zero-order valence-electron chi connectivity index (χ0n) is 10.6. The molecule has 0 amide bonds. The zero-order chi connectivity index (χ0) is 11.1. The van der Waals surface area contributed by atoms with Gasteiger partial charge in [-0.05, 0) is 38.1 Å². The molecule has 0 heterocycles. The van der Waals surface area contributed by atoms with E-state index >= 15 is 0 Å². The first-order chi connectivity index (χ1) is 7.24. The van der Waals surface area contributed by atoms with Gasteiger partial charge in [0, 0.05) is 13.2 Å². The molecule has 90 valence electrons. The number of ether oxygens (including phenoxy) is 1. The minimum absolute atomic E-state index is 0.456. The van der Waals surface area contributed by atoms with Gasteiger partial charge in [-0.3, -0.25) is 0 Å². The Morgan fingerprint density at radius 1 is 1.27 bits per heavy atom. The molecule has 1 aliphatic carbocycles. The minimum atomic E-state index is 0.456. The van der Waals surface area contributed by atoms with Crippen LogP contribution >= 0.6 is 0 Å². The zero-order valence-corrected chi connectivity index (χ0v) is 10.6. The van der Waals surface area contributed by atoms with Gasteiger partial charge in [0.25, 0.3) is 0 Å². The summed E-state index contributed by atoms with van der Waals surface area (Å²) in [7, 11) is 1.85. The van der Waals surface area contributed by atoms with Crippen LogP contribution in [0.15, 0.2) is 0 Å². The lowest BCUT2D eigenvalue weighted by molar-refractivity contribution is 0.0418. The van der Waals surface area contributed by atoms with Crippen LogP contribution < -0.4 is 5.32 Å². The van der Waals surface area contributed by atoms with Gasteiger partial charge in [-0.2, -0.15) is 0 Å². The lowest BCUT2D eigenvalue weighted by atomic mass is 9.92. The van der Waals surface area contributed by atoms with Gasteiger partial charge in [0.2, 0.25) is 0 Å². The van der Waals surface area contributed by atoms with Gasteiger partial charge < -0.3 is 10.1 Å². The molecule has 1 N–H and O–H groups in total. The highest BCUT2D eigenvalue weighted by Gasteiger charge is 2.23. The monoisotopic (exact) mass is 213 g/mol. The molecule has 2 nitrogen and oxygen atoms in total. The summed E-state index contributed by atoms with van der Waals surface area (Å²) in [5, 5.41) is 3.65. The van der Waals surface area contributed by atoms with E-state index < -0.39 is 0 Å². The highest BCUT2D eigenvalue weighted by Crippen LogP contribution is 2.20. The maximum absolute atomic E-state index is 5.52. The summed E-state index contributed by atoms with van der Waals surface area (Å²) in [6, 6.07) is 0.607. The van der Waals surface area contributed by atoms with E-state index in [4.69, 9.17) is 4.74 Å². The van der Waals surface area contributed by atoms with Crippen LogP contribution in [0.25, 0.3) is 0 Å². The van der Waals surface area contributed by atoms with Gasteiger partial charge in [-0.1, -0.05) is 26.7 Å². The molecule has 0 spiro atoms. The van der Waals surface area contributed by atoms with Crippen molar-refractivity contribution in [1.82, 2.24) is 5.32 Å². The van der Waals surface area contributed by atoms with Crippen molar-refractivity contribution in [1.29, 1.82) is 0 Å². The van der Waals surface area contributed by atoms with Crippen molar-refractivity contribution >= 4 is 0 Å². The summed E-state index contributed by atoms with van der Waals surface area (Å²) in [5.74, 6) is 0.830. The van der Waals surface area contributed by atoms with Crippen LogP contribution in [0.1, 0.15) is 52.4 Å². The summed E-state index contributed by atoms with van der Waals surface area (Å²) in [4.78, 5) is 0. The number of hydrogen-bond donors (Lipinski definition) is 1. The van der Waals surface area contributed by atoms with Crippen LogP contribution in [0.3, 0.4) is 0 Å². The molecule has 15 heavy (non-hydrogen) atoms. The second-order valence-corrected chi connectivity index (χ2v) is 5.16. The van der Waals surface area contributed by atoms with Crippen LogP contribution in [0, 0.1) is 5.92 Å². The van der Waals surface area contributed by atoms with Gasteiger partial charge in [0.1, 0.15) is 0 Å². The third kappa shape index (κ3) is 4.98. The average Bonchev–Trinajstić information content (AvgIpc) is 2.24. The first-order valence-corrected chi connectivity index (χ1v) is 6.50. The summed E-state index contributed by atoms with van der Waals surface area (Å²) in [6.45, 7) is 5.74. The minimum Gasteiger partial charge on any atom is -0.380 e. The van der Waals surface area contributed by atoms with Gasteiger partial charge >= 0.3 is 0 Å². The molecule has 0 aromatic heterocycles. The van der Waals surface area contributed by atoms with Crippen molar-refractivity contribution in [3.05, 3.63) is 0 Å². The molecule has 2 heteroatoms. The third-order valence-electron chi connectivity index (χ3n) is 3.37. The summed E-state index contributed by atoms with van der Waals surface area (Å²) >= 11 is 0. The van der Waals surface area contributed by atoms with E-state index in [0.717, 1.165) is 12.5 Å². The molecule has 0 saturated heterocycles. The Labute approximate surface area is 94.8 Å². The smallest absolute Gasteiger partial charge is 0.0724 e. The Kier molecular flexibility index (Phi) is 6.26. The third-order valence-corrected chi connectivity index (χ3v) is 3.37. The van der Waals surface area contributed by atoms with Gasteiger partial charge in [0.05, 0.1) is 6.10 Å². The van der Waals surface area contributed by atoms with Crippen LogP contribution in [0.5, 0.6) is 0 Å². The van der Waals surface area contributed by atoms with E-state index in [9.17, 15) is 0 Å². The molecular weight excluding hydrogens is 186 g/mol. The van der Waals surface area contributed by atoms with E-state index in [2.05, 4.69) is 19.2 Å². The fraction of sp³-hybridized carbons (Fsp3) is 1.00. The molecule has 0 aliphatic heterocycles. The van der Waals surface area contributed by atoms with Crippen molar-refractivity contribution in [2.75, 3.05) is 13.7 Å². The van der Waals surface area contributed by atoms with Crippen molar-refractivity contribution in [3.63, 3.8) is 0 Å². The fourth-order valence-corrected chi connectivity index (χ4v) is 2.41. The van der Waals surface area contributed by atoms with E-state index in [1.807, 2.05) is 7.11 Å².